The molecule has 0 radical (unpaired) electrons. The molecule has 3 heterocycles. The van der Waals surface area contributed by atoms with Crippen molar-refractivity contribution in [1.82, 2.24) is 15.1 Å². The van der Waals surface area contributed by atoms with Crippen LogP contribution < -0.4 is 5.32 Å². The molecular formula is C19H19FN4O4S3. The Morgan fingerprint density at radius 3 is 2.77 bits per heavy atom. The van der Waals surface area contributed by atoms with Gasteiger partial charge in [0.2, 0.25) is 11.0 Å². The van der Waals surface area contributed by atoms with Crippen LogP contribution in [0, 0.1) is 5.82 Å². The maximum Gasteiger partial charge on any atom is 0.233 e. The zero-order chi connectivity index (χ0) is 21.8. The third-order valence-electron chi connectivity index (χ3n) is 4.70. The van der Waals surface area contributed by atoms with E-state index in [0.717, 1.165) is 0 Å². The van der Waals surface area contributed by atoms with Crippen LogP contribution in [0.2, 0.25) is 0 Å². The first-order valence-electron chi connectivity index (χ1n) is 9.39. The largest absolute Gasteiger partial charge is 0.467 e. The summed E-state index contributed by atoms with van der Waals surface area (Å²) < 4.78 is 42.8. The van der Waals surface area contributed by atoms with Gasteiger partial charge in [0.05, 0.1) is 30.1 Å². The zero-order valence-corrected chi connectivity index (χ0v) is 18.7. The van der Waals surface area contributed by atoms with Gasteiger partial charge in [-0.3, -0.25) is 4.79 Å². The van der Waals surface area contributed by atoms with Crippen LogP contribution in [0.15, 0.2) is 51.4 Å². The Hall–Kier alpha value is -2.44. The minimum Gasteiger partial charge on any atom is -0.467 e. The normalized spacial score (nSPS) is 17.5. The number of amides is 1. The lowest BCUT2D eigenvalue weighted by molar-refractivity contribution is -0.131. The van der Waals surface area contributed by atoms with Crippen LogP contribution >= 0.6 is 23.1 Å². The summed E-state index contributed by atoms with van der Waals surface area (Å²) in [6.07, 6.45) is 1.94. The molecule has 1 amide bonds. The van der Waals surface area contributed by atoms with Gasteiger partial charge in [0.1, 0.15) is 11.6 Å². The highest BCUT2D eigenvalue weighted by Crippen LogP contribution is 2.29. The summed E-state index contributed by atoms with van der Waals surface area (Å²) in [7, 11) is -3.13. The Kier molecular flexibility index (Phi) is 6.58. The van der Waals surface area contributed by atoms with E-state index >= 15 is 0 Å². The number of thioether (sulfide) groups is 1. The number of nitrogens with zero attached hydrogens (tertiary/aromatic N) is 3. The first kappa shape index (κ1) is 21.8. The lowest BCUT2D eigenvalue weighted by Gasteiger charge is -2.27. The van der Waals surface area contributed by atoms with Gasteiger partial charge in [-0.1, -0.05) is 23.1 Å². The Morgan fingerprint density at radius 2 is 2.10 bits per heavy atom. The van der Waals surface area contributed by atoms with Crippen molar-refractivity contribution < 1.29 is 22.0 Å². The molecular weight excluding hydrogens is 463 g/mol. The standard InChI is InChI=1S/C19H19FN4O4S3/c20-13-3-5-14(6-4-13)21-18-22-23-19(30-18)29-11-17(25)24(10-16-2-1-8-28-16)15-7-9-31(26,27)12-15/h1-6,8,15H,7,9-12H2,(H,21,22)/t15-/m1/s1. The van der Waals surface area contributed by atoms with E-state index in [1.165, 1.54) is 41.5 Å². The summed E-state index contributed by atoms with van der Waals surface area (Å²) in [4.78, 5) is 14.5. The summed E-state index contributed by atoms with van der Waals surface area (Å²) in [5, 5.41) is 11.7. The van der Waals surface area contributed by atoms with E-state index in [4.69, 9.17) is 4.42 Å². The van der Waals surface area contributed by atoms with E-state index in [0.29, 0.717) is 27.3 Å². The molecule has 8 nitrogen and oxygen atoms in total. The first-order valence-corrected chi connectivity index (χ1v) is 13.0. The predicted octanol–water partition coefficient (Wildman–Crippen LogP) is 3.32. The number of nitrogens with one attached hydrogen (secondary N) is 1. The molecule has 1 aliphatic heterocycles. The zero-order valence-electron chi connectivity index (χ0n) is 16.2. The van der Waals surface area contributed by atoms with Gasteiger partial charge >= 0.3 is 0 Å². The number of sulfone groups is 1. The van der Waals surface area contributed by atoms with E-state index in [9.17, 15) is 17.6 Å². The lowest BCUT2D eigenvalue weighted by atomic mass is 10.2. The second-order valence-corrected chi connectivity index (χ2v) is 11.4. The molecule has 1 fully saturated rings. The average molecular weight is 483 g/mol. The number of hydrogen-bond donors (Lipinski definition) is 1. The summed E-state index contributed by atoms with van der Waals surface area (Å²) in [5.41, 5.74) is 0.678. The molecule has 0 unspecified atom stereocenters. The molecule has 0 spiro atoms. The van der Waals surface area contributed by atoms with E-state index in [-0.39, 0.29) is 41.6 Å². The Bertz CT molecular complexity index is 1130. The molecule has 164 valence electrons. The molecule has 1 aliphatic rings. The van der Waals surface area contributed by atoms with Gasteiger partial charge in [-0.25, -0.2) is 12.8 Å². The third kappa shape index (κ3) is 5.83. The van der Waals surface area contributed by atoms with Crippen LogP contribution in [0.5, 0.6) is 0 Å². The second kappa shape index (κ2) is 9.37. The molecule has 0 bridgehead atoms. The van der Waals surface area contributed by atoms with Crippen LogP contribution in [-0.2, 0) is 21.2 Å². The maximum absolute atomic E-state index is 13.0. The number of carbonyl (C=O) groups is 1. The van der Waals surface area contributed by atoms with Crippen molar-refractivity contribution in [2.24, 2.45) is 0 Å². The van der Waals surface area contributed by atoms with E-state index in [1.54, 1.807) is 29.2 Å². The number of carbonyl (C=O) groups excluding carboxylic acids is 1. The van der Waals surface area contributed by atoms with Crippen LogP contribution in [0.3, 0.4) is 0 Å². The van der Waals surface area contributed by atoms with Gasteiger partial charge < -0.3 is 14.6 Å². The number of benzene rings is 1. The van der Waals surface area contributed by atoms with Gasteiger partial charge in [0.25, 0.3) is 0 Å². The average Bonchev–Trinajstić information content (AvgIpc) is 3.48. The summed E-state index contributed by atoms with van der Waals surface area (Å²) >= 11 is 2.51. The van der Waals surface area contributed by atoms with Gasteiger partial charge in [-0.15, -0.1) is 10.2 Å². The molecule has 12 heteroatoms. The van der Waals surface area contributed by atoms with Crippen molar-refractivity contribution in [2.75, 3.05) is 22.6 Å². The number of aromatic nitrogens is 2. The van der Waals surface area contributed by atoms with Gasteiger partial charge in [0.15, 0.2) is 14.2 Å². The fraction of sp³-hybridized carbons (Fsp3) is 0.316. The highest BCUT2D eigenvalue weighted by Gasteiger charge is 2.35. The van der Waals surface area contributed by atoms with E-state index in [1.807, 2.05) is 0 Å². The number of anilines is 2. The molecule has 1 N–H and O–H groups in total. The number of furan rings is 1. The minimum absolute atomic E-state index is 0.0331. The first-order chi connectivity index (χ1) is 14.9. The number of rotatable bonds is 8. The van der Waals surface area contributed by atoms with Crippen molar-refractivity contribution in [3.63, 3.8) is 0 Å². The topological polar surface area (TPSA) is 105 Å². The van der Waals surface area contributed by atoms with Gasteiger partial charge in [-0.05, 0) is 42.8 Å². The molecule has 1 saturated heterocycles. The van der Waals surface area contributed by atoms with Gasteiger partial charge in [0, 0.05) is 11.7 Å². The highest BCUT2D eigenvalue weighted by molar-refractivity contribution is 8.01. The van der Waals surface area contributed by atoms with Crippen molar-refractivity contribution in [3.05, 3.63) is 54.2 Å². The van der Waals surface area contributed by atoms with Crippen LogP contribution in [0.1, 0.15) is 12.2 Å². The number of halogens is 1. The monoisotopic (exact) mass is 482 g/mol. The Labute approximate surface area is 186 Å². The third-order valence-corrected chi connectivity index (χ3v) is 8.40. The Morgan fingerprint density at radius 1 is 1.29 bits per heavy atom. The lowest BCUT2D eigenvalue weighted by Crippen LogP contribution is -2.41. The van der Waals surface area contributed by atoms with Crippen LogP contribution in [0.4, 0.5) is 15.2 Å². The second-order valence-electron chi connectivity index (χ2n) is 6.95. The molecule has 1 aromatic carbocycles. The molecule has 31 heavy (non-hydrogen) atoms. The highest BCUT2D eigenvalue weighted by atomic mass is 32.2. The molecule has 0 aliphatic carbocycles. The Balaban J connectivity index is 1.38. The van der Waals surface area contributed by atoms with Crippen molar-refractivity contribution in [3.8, 4) is 0 Å². The number of hydrogen-bond acceptors (Lipinski definition) is 9. The molecule has 1 atom stereocenters. The maximum atomic E-state index is 13.0. The van der Waals surface area contributed by atoms with Crippen LogP contribution in [-0.4, -0.2) is 52.7 Å². The van der Waals surface area contributed by atoms with E-state index in [2.05, 4.69) is 15.5 Å². The summed E-state index contributed by atoms with van der Waals surface area (Å²) in [6.45, 7) is 0.222. The fourth-order valence-electron chi connectivity index (χ4n) is 3.19. The molecule has 0 saturated carbocycles. The minimum atomic E-state index is -3.13. The molecule has 3 aromatic rings. The predicted molar refractivity (Wildman–Crippen MR) is 117 cm³/mol. The van der Waals surface area contributed by atoms with Gasteiger partial charge in [-0.2, -0.15) is 0 Å². The summed E-state index contributed by atoms with van der Waals surface area (Å²) in [6, 6.07) is 8.99. The molecule has 2 aromatic heterocycles. The van der Waals surface area contributed by atoms with Crippen molar-refractivity contribution in [2.45, 2.75) is 23.3 Å². The quantitative estimate of drug-likeness (QED) is 0.488. The van der Waals surface area contributed by atoms with Crippen LogP contribution in [0.25, 0.3) is 0 Å². The fourth-order valence-corrected chi connectivity index (χ4v) is 6.58. The summed E-state index contributed by atoms with van der Waals surface area (Å²) in [5.74, 6) is 0.237. The molecule has 4 rings (SSSR count). The smallest absolute Gasteiger partial charge is 0.233 e. The SMILES string of the molecule is O=C(CSc1nnc(Nc2ccc(F)cc2)s1)N(Cc1ccco1)[C@@H]1CCS(=O)(=O)C1. The van der Waals surface area contributed by atoms with E-state index < -0.39 is 9.84 Å². The van der Waals surface area contributed by atoms with Crippen molar-refractivity contribution >= 4 is 49.7 Å². The van der Waals surface area contributed by atoms with Crippen molar-refractivity contribution in [1.29, 1.82) is 0 Å².